The summed E-state index contributed by atoms with van der Waals surface area (Å²) in [6.45, 7) is 4.00. The molecule has 1 aliphatic carbocycles. The summed E-state index contributed by atoms with van der Waals surface area (Å²) >= 11 is 0. The van der Waals surface area contributed by atoms with E-state index in [0.29, 0.717) is 32.2 Å². The number of aliphatic imine (C=N–C) groups is 1. The van der Waals surface area contributed by atoms with Crippen molar-refractivity contribution >= 4 is 29.9 Å². The summed E-state index contributed by atoms with van der Waals surface area (Å²) in [4.78, 5) is 10.1. The summed E-state index contributed by atoms with van der Waals surface area (Å²) in [6, 6.07) is -0.907. The number of alkyl halides is 3. The molecule has 1 aliphatic heterocycles. The maximum absolute atomic E-state index is 12.8. The van der Waals surface area contributed by atoms with Crippen LogP contribution in [0.2, 0.25) is 0 Å². The van der Waals surface area contributed by atoms with Gasteiger partial charge in [-0.1, -0.05) is 0 Å². The Bertz CT molecular complexity index is 430. The Kier molecular flexibility index (Phi) is 8.73. The predicted molar refractivity (Wildman–Crippen MR) is 106 cm³/mol. The van der Waals surface area contributed by atoms with Gasteiger partial charge in [-0.25, -0.2) is 0 Å². The average Bonchev–Trinajstić information content (AvgIpc) is 3.34. The lowest BCUT2D eigenvalue weighted by molar-refractivity contribution is -0.181. The van der Waals surface area contributed by atoms with Crippen LogP contribution in [-0.4, -0.2) is 92.8 Å². The van der Waals surface area contributed by atoms with Crippen molar-refractivity contribution in [3.63, 3.8) is 0 Å². The zero-order valence-electron chi connectivity index (χ0n) is 15.5. The Labute approximate surface area is 166 Å². The highest BCUT2D eigenvalue weighted by Gasteiger charge is 2.41. The SMILES string of the molecule is CN=C(NCC(C1CC1)N(C)C)N1CCN(C(C)C(F)(F)F)CC1.I. The fourth-order valence-electron chi connectivity index (χ4n) is 3.31. The summed E-state index contributed by atoms with van der Waals surface area (Å²) in [5.41, 5.74) is 0. The topological polar surface area (TPSA) is 34.1 Å². The van der Waals surface area contributed by atoms with Crippen LogP contribution in [0.4, 0.5) is 13.2 Å². The second-order valence-corrected chi connectivity index (χ2v) is 7.04. The maximum Gasteiger partial charge on any atom is 0.403 e. The third-order valence-corrected chi connectivity index (χ3v) is 5.15. The molecule has 0 amide bonds. The van der Waals surface area contributed by atoms with Crippen molar-refractivity contribution in [2.24, 2.45) is 10.9 Å². The van der Waals surface area contributed by atoms with Gasteiger partial charge in [0.05, 0.1) is 0 Å². The number of likely N-dealkylation sites (N-methyl/N-ethyl adjacent to an activating group) is 1. The Morgan fingerprint density at radius 1 is 1.20 bits per heavy atom. The molecule has 0 aromatic rings. The van der Waals surface area contributed by atoms with Crippen molar-refractivity contribution in [2.45, 2.75) is 38.0 Å². The van der Waals surface area contributed by atoms with Gasteiger partial charge >= 0.3 is 6.18 Å². The van der Waals surface area contributed by atoms with Crippen LogP contribution in [0.1, 0.15) is 19.8 Å². The number of rotatable bonds is 5. The van der Waals surface area contributed by atoms with E-state index in [1.807, 2.05) is 0 Å². The van der Waals surface area contributed by atoms with E-state index in [-0.39, 0.29) is 24.0 Å². The van der Waals surface area contributed by atoms with Crippen LogP contribution >= 0.6 is 24.0 Å². The fourth-order valence-corrected chi connectivity index (χ4v) is 3.31. The summed E-state index contributed by atoms with van der Waals surface area (Å²) in [5, 5.41) is 3.41. The molecular formula is C16H31F3IN5. The molecule has 2 fully saturated rings. The minimum atomic E-state index is -4.16. The molecule has 0 aromatic carbocycles. The van der Waals surface area contributed by atoms with Crippen LogP contribution < -0.4 is 5.32 Å². The fraction of sp³-hybridized carbons (Fsp3) is 0.938. The number of halogens is 4. The second-order valence-electron chi connectivity index (χ2n) is 7.04. The van der Waals surface area contributed by atoms with Crippen molar-refractivity contribution in [1.82, 2.24) is 20.0 Å². The van der Waals surface area contributed by atoms with E-state index in [0.717, 1.165) is 18.4 Å². The summed E-state index contributed by atoms with van der Waals surface area (Å²) in [6.07, 6.45) is -1.61. The van der Waals surface area contributed by atoms with Crippen LogP contribution in [0.3, 0.4) is 0 Å². The molecule has 1 heterocycles. The highest BCUT2D eigenvalue weighted by atomic mass is 127. The quantitative estimate of drug-likeness (QED) is 0.374. The molecule has 2 rings (SSSR count). The molecule has 2 unspecified atom stereocenters. The third-order valence-electron chi connectivity index (χ3n) is 5.15. The first-order chi connectivity index (χ1) is 11.2. The van der Waals surface area contributed by atoms with Gasteiger partial charge in [0.25, 0.3) is 0 Å². The summed E-state index contributed by atoms with van der Waals surface area (Å²) in [5.74, 6) is 1.54. The molecule has 25 heavy (non-hydrogen) atoms. The van der Waals surface area contributed by atoms with Crippen LogP contribution in [0.25, 0.3) is 0 Å². The zero-order valence-corrected chi connectivity index (χ0v) is 17.8. The van der Waals surface area contributed by atoms with Gasteiger partial charge in [0, 0.05) is 45.8 Å². The minimum Gasteiger partial charge on any atom is -0.355 e. The highest BCUT2D eigenvalue weighted by Crippen LogP contribution is 2.34. The first kappa shape index (κ1) is 22.8. The number of nitrogens with one attached hydrogen (secondary N) is 1. The Morgan fingerprint density at radius 3 is 2.16 bits per heavy atom. The van der Waals surface area contributed by atoms with Crippen LogP contribution in [0.15, 0.2) is 4.99 Å². The number of piperazine rings is 1. The Morgan fingerprint density at radius 2 is 1.76 bits per heavy atom. The van der Waals surface area contributed by atoms with E-state index in [9.17, 15) is 13.2 Å². The maximum atomic E-state index is 12.8. The third kappa shape index (κ3) is 6.42. The van der Waals surface area contributed by atoms with Gasteiger partial charge in [-0.05, 0) is 39.8 Å². The van der Waals surface area contributed by atoms with Gasteiger partial charge in [0.15, 0.2) is 5.96 Å². The molecule has 0 radical (unpaired) electrons. The Hall–Kier alpha value is -0.290. The van der Waals surface area contributed by atoms with E-state index >= 15 is 0 Å². The van der Waals surface area contributed by atoms with Crippen molar-refractivity contribution in [2.75, 3.05) is 53.9 Å². The molecule has 5 nitrogen and oxygen atoms in total. The van der Waals surface area contributed by atoms with Crippen molar-refractivity contribution in [3.8, 4) is 0 Å². The molecule has 2 atom stereocenters. The second kappa shape index (κ2) is 9.59. The number of guanidine groups is 1. The van der Waals surface area contributed by atoms with Crippen LogP contribution in [0.5, 0.6) is 0 Å². The predicted octanol–water partition coefficient (Wildman–Crippen LogP) is 2.09. The molecule has 1 N–H and O–H groups in total. The van der Waals surface area contributed by atoms with Crippen LogP contribution in [0, 0.1) is 5.92 Å². The van der Waals surface area contributed by atoms with Gasteiger partial charge in [0.1, 0.15) is 6.04 Å². The van der Waals surface area contributed by atoms with Gasteiger partial charge in [-0.3, -0.25) is 9.89 Å². The lowest BCUT2D eigenvalue weighted by Gasteiger charge is -2.40. The molecule has 0 bridgehead atoms. The lowest BCUT2D eigenvalue weighted by Crippen LogP contribution is -2.57. The number of hydrogen-bond acceptors (Lipinski definition) is 3. The van der Waals surface area contributed by atoms with Crippen molar-refractivity contribution in [1.29, 1.82) is 0 Å². The van der Waals surface area contributed by atoms with Crippen LogP contribution in [-0.2, 0) is 0 Å². The monoisotopic (exact) mass is 477 g/mol. The number of hydrogen-bond donors (Lipinski definition) is 1. The standard InChI is InChI=1S/C16H30F3N5.HI/c1-12(16(17,18)19)23-7-9-24(10-8-23)15(20-2)21-11-14(22(3)4)13-5-6-13;/h12-14H,5-11H2,1-4H3,(H,20,21);1H. The largest absolute Gasteiger partial charge is 0.403 e. The smallest absolute Gasteiger partial charge is 0.355 e. The van der Waals surface area contributed by atoms with Crippen molar-refractivity contribution < 1.29 is 13.2 Å². The van der Waals surface area contributed by atoms with Gasteiger partial charge in [-0.15, -0.1) is 24.0 Å². The molecule has 1 saturated heterocycles. The lowest BCUT2D eigenvalue weighted by atomic mass is 10.1. The zero-order chi connectivity index (χ0) is 17.9. The molecule has 0 spiro atoms. The molecule has 0 aromatic heterocycles. The molecule has 2 aliphatic rings. The normalized spacial score (nSPS) is 22.6. The number of nitrogens with zero attached hydrogens (tertiary/aromatic N) is 4. The van der Waals surface area contributed by atoms with E-state index < -0.39 is 12.2 Å². The molecule has 9 heteroatoms. The molecule has 148 valence electrons. The van der Waals surface area contributed by atoms with E-state index in [1.54, 1.807) is 7.05 Å². The first-order valence-electron chi connectivity index (χ1n) is 8.66. The summed E-state index contributed by atoms with van der Waals surface area (Å²) in [7, 11) is 5.91. The van der Waals surface area contributed by atoms with E-state index in [4.69, 9.17) is 0 Å². The molecule has 1 saturated carbocycles. The van der Waals surface area contributed by atoms with E-state index in [1.165, 1.54) is 24.7 Å². The van der Waals surface area contributed by atoms with Gasteiger partial charge in [-0.2, -0.15) is 13.2 Å². The average molecular weight is 477 g/mol. The van der Waals surface area contributed by atoms with Gasteiger partial charge < -0.3 is 15.1 Å². The summed E-state index contributed by atoms with van der Waals surface area (Å²) < 4.78 is 38.5. The molecular weight excluding hydrogens is 446 g/mol. The Balaban J connectivity index is 0.00000312. The minimum absolute atomic E-state index is 0. The van der Waals surface area contributed by atoms with Gasteiger partial charge in [0.2, 0.25) is 0 Å². The first-order valence-corrected chi connectivity index (χ1v) is 8.66. The highest BCUT2D eigenvalue weighted by molar-refractivity contribution is 14.0. The van der Waals surface area contributed by atoms with Crippen molar-refractivity contribution in [3.05, 3.63) is 0 Å². The van der Waals surface area contributed by atoms with E-state index in [2.05, 4.69) is 34.2 Å².